The van der Waals surface area contributed by atoms with Crippen LogP contribution in [0.3, 0.4) is 0 Å². The summed E-state index contributed by atoms with van der Waals surface area (Å²) in [5.41, 5.74) is 0. The van der Waals surface area contributed by atoms with Crippen LogP contribution >= 0.6 is 22.9 Å². The molecule has 18 heteroatoms. The van der Waals surface area contributed by atoms with Crippen LogP contribution in [0, 0.1) is 5.92 Å². The maximum atomic E-state index is 12.8. The van der Waals surface area contributed by atoms with Gasteiger partial charge >= 0.3 is 41.9 Å². The Morgan fingerprint density at radius 2 is 1.59 bits per heavy atom. The van der Waals surface area contributed by atoms with Crippen LogP contribution in [0.1, 0.15) is 0 Å². The molecule has 0 saturated carbocycles. The molecule has 1 N–H and O–H groups in total. The van der Waals surface area contributed by atoms with E-state index in [0.717, 1.165) is 16.9 Å². The van der Waals surface area contributed by atoms with E-state index in [1.807, 2.05) is 0 Å². The Morgan fingerprint density at radius 3 is 1.93 bits per heavy atom. The summed E-state index contributed by atoms with van der Waals surface area (Å²) in [4.78, 5) is 0. The number of sulfonamides is 1. The average Bonchev–Trinajstić information content (AvgIpc) is 2.79. The van der Waals surface area contributed by atoms with Gasteiger partial charge in [0.05, 0.1) is 17.0 Å². The molecule has 1 aromatic heterocycles. The summed E-state index contributed by atoms with van der Waals surface area (Å²) in [6, 6.07) is -1.38. The molecular weight excluding hydrogens is 487 g/mol. The molecule has 0 radical (unpaired) electrons. The standard InChI is InChI=1S/C9H8ClF6NO6S3.Na/c10-5-1-2-6(24-5)25(18,19)17-4(3-23-26(20,21)22)7(8(11,12)13)9(14,15)16;/h1-2,4,7,17H,3H2,(H,20,21,22);/q;+1/p-1/t4-;/m0./s1. The van der Waals surface area contributed by atoms with Crippen LogP contribution in [0.25, 0.3) is 0 Å². The van der Waals surface area contributed by atoms with Crippen molar-refractivity contribution in [1.82, 2.24) is 4.72 Å². The SMILES string of the molecule is O=S(=O)([O-])OC[C@H](NS(=O)(=O)c1ccc(Cl)s1)C(C(F)(F)F)C(F)(F)F.[Na+]. The van der Waals surface area contributed by atoms with E-state index >= 15 is 0 Å². The summed E-state index contributed by atoms with van der Waals surface area (Å²) >= 11 is 5.77. The van der Waals surface area contributed by atoms with Crippen molar-refractivity contribution < 1.29 is 81.5 Å². The van der Waals surface area contributed by atoms with Crippen molar-refractivity contribution >= 4 is 43.4 Å². The predicted octanol–water partition coefficient (Wildman–Crippen LogP) is -0.730. The molecule has 1 atom stereocenters. The molecule has 0 fully saturated rings. The summed E-state index contributed by atoms with van der Waals surface area (Å²) in [5.74, 6) is -4.35. The molecule has 0 aromatic carbocycles. The topological polar surface area (TPSA) is 113 Å². The first-order valence-corrected chi connectivity index (χ1v) is 9.96. The second-order valence-electron chi connectivity index (χ2n) is 4.54. The van der Waals surface area contributed by atoms with Crippen LogP contribution in [-0.4, -0.2) is 46.4 Å². The van der Waals surface area contributed by atoms with Crippen LogP contribution in [0.4, 0.5) is 26.3 Å². The van der Waals surface area contributed by atoms with Gasteiger partial charge in [0, 0.05) is 0 Å². The van der Waals surface area contributed by atoms with E-state index in [1.54, 1.807) is 0 Å². The van der Waals surface area contributed by atoms with Crippen molar-refractivity contribution in [3.05, 3.63) is 16.5 Å². The van der Waals surface area contributed by atoms with E-state index < -0.39 is 55.6 Å². The van der Waals surface area contributed by atoms with Gasteiger partial charge in [0.25, 0.3) is 0 Å². The zero-order valence-electron chi connectivity index (χ0n) is 12.8. The Hall–Kier alpha value is 0.350. The van der Waals surface area contributed by atoms with Gasteiger partial charge in [-0.15, -0.1) is 11.3 Å². The molecule has 27 heavy (non-hydrogen) atoms. The van der Waals surface area contributed by atoms with Crippen LogP contribution < -0.4 is 34.3 Å². The Kier molecular flexibility index (Phi) is 9.56. The minimum Gasteiger partial charge on any atom is -0.726 e. The molecule has 0 bridgehead atoms. The molecule has 7 nitrogen and oxygen atoms in total. The number of hydrogen-bond acceptors (Lipinski definition) is 7. The normalized spacial score (nSPS) is 14.9. The molecule has 0 saturated heterocycles. The predicted molar refractivity (Wildman–Crippen MR) is 74.7 cm³/mol. The number of hydrogen-bond donors (Lipinski definition) is 1. The van der Waals surface area contributed by atoms with Gasteiger partial charge in [-0.25, -0.2) is 21.6 Å². The van der Waals surface area contributed by atoms with E-state index in [1.165, 1.54) is 0 Å². The fraction of sp³-hybridized carbons (Fsp3) is 0.556. The molecule has 152 valence electrons. The van der Waals surface area contributed by atoms with Gasteiger partial charge in [-0.2, -0.15) is 26.3 Å². The van der Waals surface area contributed by atoms with Crippen molar-refractivity contribution in [2.75, 3.05) is 6.61 Å². The summed E-state index contributed by atoms with van der Waals surface area (Å²) in [6.07, 6.45) is -12.1. The second-order valence-corrected chi connectivity index (χ2v) is 9.25. The molecule has 1 heterocycles. The fourth-order valence-electron chi connectivity index (χ4n) is 1.70. The van der Waals surface area contributed by atoms with E-state index in [9.17, 15) is 47.7 Å². The number of alkyl halides is 6. The van der Waals surface area contributed by atoms with Gasteiger partial charge in [0.15, 0.2) is 5.92 Å². The van der Waals surface area contributed by atoms with Crippen molar-refractivity contribution in [3.63, 3.8) is 0 Å². The first-order chi connectivity index (χ1) is 11.4. The molecule has 0 amide bonds. The molecule has 1 rings (SSSR count). The van der Waals surface area contributed by atoms with Gasteiger partial charge < -0.3 is 4.55 Å². The molecular formula is C9H7ClF6NNaO6S3. The molecule has 0 unspecified atom stereocenters. The van der Waals surface area contributed by atoms with E-state index in [-0.39, 0.29) is 33.9 Å². The molecule has 0 aliphatic rings. The van der Waals surface area contributed by atoms with Gasteiger partial charge in [0.1, 0.15) is 4.21 Å². The first kappa shape index (κ1) is 27.4. The summed E-state index contributed by atoms with van der Waals surface area (Å²) < 4.78 is 135. The maximum absolute atomic E-state index is 12.8. The summed E-state index contributed by atoms with van der Waals surface area (Å²) in [7, 11) is -10.7. The number of thiophene rings is 1. The first-order valence-electron chi connectivity index (χ1n) is 5.95. The Bertz CT molecular complexity index is 825. The number of halogens is 7. The monoisotopic (exact) mass is 493 g/mol. The Morgan fingerprint density at radius 1 is 1.11 bits per heavy atom. The number of nitrogens with one attached hydrogen (secondary N) is 1. The average molecular weight is 494 g/mol. The van der Waals surface area contributed by atoms with Crippen molar-refractivity contribution in [3.8, 4) is 0 Å². The van der Waals surface area contributed by atoms with E-state index in [2.05, 4.69) is 4.18 Å². The Balaban J connectivity index is 0.00000676. The third-order valence-corrected chi connectivity index (χ3v) is 6.26. The second kappa shape index (κ2) is 9.44. The zero-order valence-corrected chi connectivity index (χ0v) is 18.0. The minimum atomic E-state index is -6.03. The van der Waals surface area contributed by atoms with E-state index in [4.69, 9.17) is 11.6 Å². The smallest absolute Gasteiger partial charge is 0.726 e. The quantitative estimate of drug-likeness (QED) is 0.232. The third kappa shape index (κ3) is 8.71. The fourth-order valence-corrected chi connectivity index (χ4v) is 4.74. The van der Waals surface area contributed by atoms with Crippen molar-refractivity contribution in [2.24, 2.45) is 5.92 Å². The zero-order chi connectivity index (χ0) is 20.6. The van der Waals surface area contributed by atoms with Crippen LogP contribution in [0.5, 0.6) is 0 Å². The summed E-state index contributed by atoms with van der Waals surface area (Å²) in [5, 5.41) is 0. The molecule has 0 aliphatic heterocycles. The number of rotatable bonds is 7. The van der Waals surface area contributed by atoms with Crippen LogP contribution in [0.2, 0.25) is 4.34 Å². The largest absolute Gasteiger partial charge is 1.00 e. The van der Waals surface area contributed by atoms with Gasteiger partial charge in [-0.1, -0.05) is 11.6 Å². The molecule has 1 aromatic rings. The van der Waals surface area contributed by atoms with Crippen molar-refractivity contribution in [1.29, 1.82) is 0 Å². The van der Waals surface area contributed by atoms with Gasteiger partial charge in [-0.05, 0) is 12.1 Å². The van der Waals surface area contributed by atoms with Gasteiger partial charge in [0.2, 0.25) is 20.4 Å². The minimum absolute atomic E-state index is 0. The maximum Gasteiger partial charge on any atom is 1.00 e. The van der Waals surface area contributed by atoms with E-state index in [0.29, 0.717) is 11.3 Å². The van der Waals surface area contributed by atoms with Crippen LogP contribution in [0.15, 0.2) is 16.3 Å². The van der Waals surface area contributed by atoms with Crippen molar-refractivity contribution in [2.45, 2.75) is 22.6 Å². The third-order valence-electron chi connectivity index (χ3n) is 2.62. The Labute approximate surface area is 180 Å². The molecule has 0 aliphatic carbocycles. The van der Waals surface area contributed by atoms with Gasteiger partial charge in [-0.3, -0.25) is 4.18 Å². The molecule has 0 spiro atoms. The van der Waals surface area contributed by atoms with Crippen LogP contribution in [-0.2, 0) is 24.6 Å². The summed E-state index contributed by atoms with van der Waals surface area (Å²) in [6.45, 7) is -2.03.